The summed E-state index contributed by atoms with van der Waals surface area (Å²) in [5, 5.41) is 8.81. The molecule has 1 aliphatic rings. The molecule has 3 rings (SSSR count). The standard InChI is InChI=1S/C19H25N3O4/c23-18(24)15-22-11-10-21(19(22)25)14-16-6-8-20(9-7-16)12-13-26-17-4-2-1-3-5-17/h1-5,10-11,16H,6-9,12-15H2,(H,23,24). The first-order chi connectivity index (χ1) is 12.6. The van der Waals surface area contributed by atoms with Crippen molar-refractivity contribution in [2.75, 3.05) is 26.2 Å². The van der Waals surface area contributed by atoms with E-state index < -0.39 is 5.97 Å². The number of carbonyl (C=O) groups is 1. The van der Waals surface area contributed by atoms with Crippen LogP contribution in [0.2, 0.25) is 0 Å². The van der Waals surface area contributed by atoms with Crippen molar-refractivity contribution in [3.05, 3.63) is 53.2 Å². The molecule has 1 N–H and O–H groups in total. The highest BCUT2D eigenvalue weighted by Crippen LogP contribution is 2.18. The summed E-state index contributed by atoms with van der Waals surface area (Å²) in [6, 6.07) is 9.82. The number of para-hydroxylation sites is 1. The van der Waals surface area contributed by atoms with Crippen molar-refractivity contribution in [3.8, 4) is 5.75 Å². The van der Waals surface area contributed by atoms with Crippen LogP contribution in [0.25, 0.3) is 0 Å². The van der Waals surface area contributed by atoms with E-state index in [1.165, 1.54) is 4.57 Å². The number of aromatic nitrogens is 2. The molecule has 7 nitrogen and oxygen atoms in total. The Morgan fingerprint density at radius 3 is 2.50 bits per heavy atom. The van der Waals surface area contributed by atoms with Gasteiger partial charge in [-0.15, -0.1) is 0 Å². The fourth-order valence-electron chi connectivity index (χ4n) is 3.34. The molecule has 1 aromatic heterocycles. The third-order valence-electron chi connectivity index (χ3n) is 4.81. The summed E-state index contributed by atoms with van der Waals surface area (Å²) in [7, 11) is 0. The van der Waals surface area contributed by atoms with Crippen molar-refractivity contribution >= 4 is 5.97 Å². The number of piperidine rings is 1. The van der Waals surface area contributed by atoms with E-state index in [0.717, 1.165) is 38.2 Å². The van der Waals surface area contributed by atoms with Gasteiger partial charge in [0.1, 0.15) is 18.9 Å². The molecule has 0 radical (unpaired) electrons. The van der Waals surface area contributed by atoms with Crippen LogP contribution in [0, 0.1) is 5.92 Å². The lowest BCUT2D eigenvalue weighted by atomic mass is 9.97. The molecule has 140 valence electrons. The van der Waals surface area contributed by atoms with Gasteiger partial charge < -0.3 is 9.84 Å². The largest absolute Gasteiger partial charge is 0.492 e. The lowest BCUT2D eigenvalue weighted by Crippen LogP contribution is -2.38. The molecular weight excluding hydrogens is 334 g/mol. The second kappa shape index (κ2) is 8.71. The highest BCUT2D eigenvalue weighted by Gasteiger charge is 2.20. The Kier molecular flexibility index (Phi) is 6.12. The number of ether oxygens (including phenoxy) is 1. The monoisotopic (exact) mass is 359 g/mol. The normalized spacial score (nSPS) is 15.8. The number of nitrogens with zero attached hydrogens (tertiary/aromatic N) is 3. The molecule has 2 aromatic rings. The van der Waals surface area contributed by atoms with Gasteiger partial charge in [-0.05, 0) is 44.0 Å². The fourth-order valence-corrected chi connectivity index (χ4v) is 3.34. The number of carboxylic acid groups (broad SMARTS) is 1. The minimum Gasteiger partial charge on any atom is -0.492 e. The summed E-state index contributed by atoms with van der Waals surface area (Å²) < 4.78 is 8.60. The molecule has 0 atom stereocenters. The predicted molar refractivity (Wildman–Crippen MR) is 97.4 cm³/mol. The quantitative estimate of drug-likeness (QED) is 0.773. The minimum absolute atomic E-state index is 0.244. The molecule has 1 fully saturated rings. The molecule has 0 spiro atoms. The van der Waals surface area contributed by atoms with E-state index in [1.807, 2.05) is 30.3 Å². The Bertz CT molecular complexity index is 761. The molecular formula is C19H25N3O4. The molecule has 0 saturated carbocycles. The summed E-state index contributed by atoms with van der Waals surface area (Å²) in [6.45, 7) is 3.93. The van der Waals surface area contributed by atoms with Crippen LogP contribution >= 0.6 is 0 Å². The van der Waals surface area contributed by atoms with Gasteiger partial charge in [-0.3, -0.25) is 18.8 Å². The number of benzene rings is 1. The second-order valence-electron chi connectivity index (χ2n) is 6.70. The first-order valence-corrected chi connectivity index (χ1v) is 8.99. The van der Waals surface area contributed by atoms with Gasteiger partial charge in [0.15, 0.2) is 0 Å². The van der Waals surface area contributed by atoms with Gasteiger partial charge in [-0.25, -0.2) is 4.79 Å². The highest BCUT2D eigenvalue weighted by atomic mass is 16.5. The summed E-state index contributed by atoms with van der Waals surface area (Å²) in [4.78, 5) is 25.3. The number of hydrogen-bond donors (Lipinski definition) is 1. The molecule has 1 aromatic carbocycles. The van der Waals surface area contributed by atoms with Crippen LogP contribution < -0.4 is 10.4 Å². The third-order valence-corrected chi connectivity index (χ3v) is 4.81. The summed E-state index contributed by atoms with van der Waals surface area (Å²) in [5.41, 5.74) is -0.244. The van der Waals surface area contributed by atoms with E-state index in [2.05, 4.69) is 4.90 Å². The lowest BCUT2D eigenvalue weighted by molar-refractivity contribution is -0.137. The van der Waals surface area contributed by atoms with Crippen LogP contribution in [0.5, 0.6) is 5.75 Å². The molecule has 1 saturated heterocycles. The average molecular weight is 359 g/mol. The van der Waals surface area contributed by atoms with Crippen LogP contribution in [0.15, 0.2) is 47.5 Å². The van der Waals surface area contributed by atoms with Gasteiger partial charge >= 0.3 is 11.7 Å². The molecule has 0 bridgehead atoms. The zero-order valence-electron chi connectivity index (χ0n) is 14.8. The van der Waals surface area contributed by atoms with E-state index >= 15 is 0 Å². The van der Waals surface area contributed by atoms with Gasteiger partial charge in [0, 0.05) is 25.5 Å². The van der Waals surface area contributed by atoms with Crippen molar-refractivity contribution in [2.24, 2.45) is 5.92 Å². The maximum absolute atomic E-state index is 12.2. The van der Waals surface area contributed by atoms with Crippen molar-refractivity contribution in [2.45, 2.75) is 25.9 Å². The number of hydrogen-bond acceptors (Lipinski definition) is 4. The SMILES string of the molecule is O=C(O)Cn1ccn(CC2CCN(CCOc3ccccc3)CC2)c1=O. The Labute approximate surface area is 152 Å². The van der Waals surface area contributed by atoms with E-state index in [0.29, 0.717) is 19.1 Å². The topological polar surface area (TPSA) is 76.7 Å². The van der Waals surface area contributed by atoms with Gasteiger partial charge in [-0.2, -0.15) is 0 Å². The van der Waals surface area contributed by atoms with Crippen molar-refractivity contribution in [3.63, 3.8) is 0 Å². The predicted octanol–water partition coefficient (Wildman–Crippen LogP) is 1.53. The molecule has 7 heteroatoms. The van der Waals surface area contributed by atoms with Crippen LogP contribution in [0.3, 0.4) is 0 Å². The van der Waals surface area contributed by atoms with E-state index in [1.54, 1.807) is 17.0 Å². The van der Waals surface area contributed by atoms with Crippen LogP contribution in [0.1, 0.15) is 12.8 Å². The number of imidazole rings is 1. The van der Waals surface area contributed by atoms with E-state index in [-0.39, 0.29) is 12.2 Å². The van der Waals surface area contributed by atoms with Gasteiger partial charge in [-0.1, -0.05) is 18.2 Å². The zero-order valence-corrected chi connectivity index (χ0v) is 14.8. The Morgan fingerprint density at radius 1 is 1.12 bits per heavy atom. The number of likely N-dealkylation sites (tertiary alicyclic amines) is 1. The molecule has 1 aliphatic heterocycles. The molecule has 0 aliphatic carbocycles. The number of carboxylic acids is 1. The molecule has 26 heavy (non-hydrogen) atoms. The summed E-state index contributed by atoms with van der Waals surface area (Å²) in [5.74, 6) is 0.336. The first kappa shape index (κ1) is 18.3. The van der Waals surface area contributed by atoms with Gasteiger partial charge in [0.25, 0.3) is 0 Å². The van der Waals surface area contributed by atoms with Crippen LogP contribution in [-0.4, -0.2) is 51.4 Å². The highest BCUT2D eigenvalue weighted by molar-refractivity contribution is 5.66. The van der Waals surface area contributed by atoms with Crippen molar-refractivity contribution < 1.29 is 14.6 Å². The van der Waals surface area contributed by atoms with Crippen molar-refractivity contribution in [1.82, 2.24) is 14.0 Å². The van der Waals surface area contributed by atoms with Gasteiger partial charge in [0.05, 0.1) is 0 Å². The maximum Gasteiger partial charge on any atom is 0.328 e. The maximum atomic E-state index is 12.2. The first-order valence-electron chi connectivity index (χ1n) is 8.99. The van der Waals surface area contributed by atoms with E-state index in [4.69, 9.17) is 9.84 Å². The van der Waals surface area contributed by atoms with Crippen molar-refractivity contribution in [1.29, 1.82) is 0 Å². The molecule has 0 unspecified atom stereocenters. The number of aliphatic carboxylic acids is 1. The lowest BCUT2D eigenvalue weighted by Gasteiger charge is -2.31. The summed E-state index contributed by atoms with van der Waals surface area (Å²) >= 11 is 0. The minimum atomic E-state index is -1.00. The Morgan fingerprint density at radius 2 is 1.81 bits per heavy atom. The Balaban J connectivity index is 1.40. The van der Waals surface area contributed by atoms with Crippen LogP contribution in [-0.2, 0) is 17.9 Å². The average Bonchev–Trinajstić information content (AvgIpc) is 2.97. The zero-order chi connectivity index (χ0) is 18.4. The number of rotatable bonds is 8. The van der Waals surface area contributed by atoms with Crippen LogP contribution in [0.4, 0.5) is 0 Å². The van der Waals surface area contributed by atoms with E-state index in [9.17, 15) is 9.59 Å². The smallest absolute Gasteiger partial charge is 0.328 e. The molecule has 0 amide bonds. The third kappa shape index (κ3) is 4.98. The van der Waals surface area contributed by atoms with Gasteiger partial charge in [0.2, 0.25) is 0 Å². The Hall–Kier alpha value is -2.54. The fraction of sp³-hybridized carbons (Fsp3) is 0.474. The summed E-state index contributed by atoms with van der Waals surface area (Å²) in [6.07, 6.45) is 5.29. The second-order valence-corrected chi connectivity index (χ2v) is 6.70. The molecule has 2 heterocycles.